The summed E-state index contributed by atoms with van der Waals surface area (Å²) in [6.45, 7) is 4.12. The summed E-state index contributed by atoms with van der Waals surface area (Å²) in [6.07, 6.45) is 0. The van der Waals surface area contributed by atoms with Crippen molar-refractivity contribution in [2.24, 2.45) is 0 Å². The van der Waals surface area contributed by atoms with Gasteiger partial charge < -0.3 is 11.1 Å². The van der Waals surface area contributed by atoms with Crippen molar-refractivity contribution in [2.75, 3.05) is 11.1 Å². The SMILES string of the molecule is Cc1ccc(Nc2cc(C)c3ccccc3n2)c(N)c1. The highest BCUT2D eigenvalue weighted by Gasteiger charge is 2.04. The molecule has 3 N–H and O–H groups in total. The molecule has 0 bridgehead atoms. The molecule has 3 aromatic rings. The van der Waals surface area contributed by atoms with E-state index in [1.165, 1.54) is 10.9 Å². The predicted molar refractivity (Wildman–Crippen MR) is 85.4 cm³/mol. The molecule has 0 atom stereocenters. The smallest absolute Gasteiger partial charge is 0.131 e. The molecule has 3 nitrogen and oxygen atoms in total. The summed E-state index contributed by atoms with van der Waals surface area (Å²) in [4.78, 5) is 4.63. The fraction of sp³-hybridized carbons (Fsp3) is 0.118. The quantitative estimate of drug-likeness (QED) is 0.682. The molecule has 0 radical (unpaired) electrons. The van der Waals surface area contributed by atoms with Gasteiger partial charge in [-0.2, -0.15) is 0 Å². The number of aromatic nitrogens is 1. The first kappa shape index (κ1) is 12.5. The van der Waals surface area contributed by atoms with E-state index in [0.717, 1.165) is 28.3 Å². The fourth-order valence-corrected chi connectivity index (χ4v) is 2.35. The number of nitrogens with zero attached hydrogens (tertiary/aromatic N) is 1. The molecule has 0 aliphatic carbocycles. The first-order chi connectivity index (χ1) is 9.63. The average molecular weight is 263 g/mol. The van der Waals surface area contributed by atoms with Crippen LogP contribution in [-0.2, 0) is 0 Å². The average Bonchev–Trinajstić information content (AvgIpc) is 2.42. The number of nitrogens with one attached hydrogen (secondary N) is 1. The van der Waals surface area contributed by atoms with E-state index in [0.29, 0.717) is 0 Å². The molecule has 0 aliphatic heterocycles. The van der Waals surface area contributed by atoms with E-state index >= 15 is 0 Å². The molecular formula is C17H17N3. The summed E-state index contributed by atoms with van der Waals surface area (Å²) in [6, 6.07) is 16.1. The lowest BCUT2D eigenvalue weighted by Crippen LogP contribution is -1.99. The number of anilines is 3. The van der Waals surface area contributed by atoms with Gasteiger partial charge in [0.2, 0.25) is 0 Å². The Hall–Kier alpha value is -2.55. The van der Waals surface area contributed by atoms with E-state index < -0.39 is 0 Å². The maximum Gasteiger partial charge on any atom is 0.131 e. The zero-order chi connectivity index (χ0) is 14.1. The highest BCUT2D eigenvalue weighted by Crippen LogP contribution is 2.26. The molecule has 0 amide bonds. The summed E-state index contributed by atoms with van der Waals surface area (Å²) in [5, 5.41) is 4.47. The molecule has 100 valence electrons. The van der Waals surface area contributed by atoms with Crippen LogP contribution in [0.15, 0.2) is 48.5 Å². The maximum absolute atomic E-state index is 6.03. The van der Waals surface area contributed by atoms with Gasteiger partial charge in [0.15, 0.2) is 0 Å². The van der Waals surface area contributed by atoms with Crippen LogP contribution in [0.1, 0.15) is 11.1 Å². The molecule has 0 unspecified atom stereocenters. The topological polar surface area (TPSA) is 50.9 Å². The Morgan fingerprint density at radius 3 is 2.60 bits per heavy atom. The van der Waals surface area contributed by atoms with Crippen LogP contribution in [0.5, 0.6) is 0 Å². The van der Waals surface area contributed by atoms with Crippen LogP contribution >= 0.6 is 0 Å². The van der Waals surface area contributed by atoms with Gasteiger partial charge in [0.05, 0.1) is 16.9 Å². The van der Waals surface area contributed by atoms with Gasteiger partial charge in [0.1, 0.15) is 5.82 Å². The zero-order valence-electron chi connectivity index (χ0n) is 11.6. The van der Waals surface area contributed by atoms with Crippen molar-refractivity contribution in [3.63, 3.8) is 0 Å². The van der Waals surface area contributed by atoms with E-state index in [9.17, 15) is 0 Å². The standard InChI is InChI=1S/C17H17N3/c1-11-7-8-16(14(18)9-11)20-17-10-12(2)13-5-3-4-6-15(13)19-17/h3-10H,18H2,1-2H3,(H,19,20). The number of fused-ring (bicyclic) bond motifs is 1. The van der Waals surface area contributed by atoms with Gasteiger partial charge >= 0.3 is 0 Å². The Balaban J connectivity index is 2.02. The minimum atomic E-state index is 0.734. The Morgan fingerprint density at radius 1 is 1.00 bits per heavy atom. The summed E-state index contributed by atoms with van der Waals surface area (Å²) in [7, 11) is 0. The van der Waals surface area contributed by atoms with E-state index in [4.69, 9.17) is 5.73 Å². The first-order valence-electron chi connectivity index (χ1n) is 6.63. The number of hydrogen-bond donors (Lipinski definition) is 2. The van der Waals surface area contributed by atoms with Gasteiger partial charge in [0, 0.05) is 5.39 Å². The molecule has 20 heavy (non-hydrogen) atoms. The van der Waals surface area contributed by atoms with Crippen LogP contribution in [0, 0.1) is 13.8 Å². The van der Waals surface area contributed by atoms with Crippen LogP contribution in [-0.4, -0.2) is 4.98 Å². The van der Waals surface area contributed by atoms with Gasteiger partial charge in [-0.3, -0.25) is 0 Å². The lowest BCUT2D eigenvalue weighted by Gasteiger charge is -2.11. The summed E-state index contributed by atoms with van der Waals surface area (Å²) < 4.78 is 0. The molecule has 0 spiro atoms. The first-order valence-corrected chi connectivity index (χ1v) is 6.63. The third-order valence-electron chi connectivity index (χ3n) is 3.39. The minimum Gasteiger partial charge on any atom is -0.397 e. The van der Waals surface area contributed by atoms with Crippen molar-refractivity contribution in [3.05, 3.63) is 59.7 Å². The minimum absolute atomic E-state index is 0.734. The molecule has 0 aliphatic rings. The summed E-state index contributed by atoms with van der Waals surface area (Å²) in [5.41, 5.74) is 11.0. The maximum atomic E-state index is 6.03. The van der Waals surface area contributed by atoms with Gasteiger partial charge in [0.25, 0.3) is 0 Å². The number of pyridine rings is 1. The number of para-hydroxylation sites is 1. The van der Waals surface area contributed by atoms with Crippen molar-refractivity contribution >= 4 is 28.1 Å². The Bertz CT molecular complexity index is 778. The Labute approximate surface area is 118 Å². The fourth-order valence-electron chi connectivity index (χ4n) is 2.35. The van der Waals surface area contributed by atoms with E-state index in [2.05, 4.69) is 23.3 Å². The number of aryl methyl sites for hydroxylation is 2. The summed E-state index contributed by atoms with van der Waals surface area (Å²) >= 11 is 0. The molecule has 3 heteroatoms. The normalized spacial score (nSPS) is 10.7. The monoisotopic (exact) mass is 263 g/mol. The van der Waals surface area contributed by atoms with Crippen LogP contribution < -0.4 is 11.1 Å². The highest BCUT2D eigenvalue weighted by atomic mass is 15.0. The van der Waals surface area contributed by atoms with Gasteiger partial charge in [-0.05, 0) is 49.2 Å². The lowest BCUT2D eigenvalue weighted by atomic mass is 10.1. The highest BCUT2D eigenvalue weighted by molar-refractivity contribution is 5.85. The Kier molecular flexibility index (Phi) is 3.03. The second kappa shape index (κ2) is 4.85. The number of benzene rings is 2. The molecule has 0 saturated carbocycles. The molecule has 1 aromatic heterocycles. The van der Waals surface area contributed by atoms with Gasteiger partial charge in [-0.1, -0.05) is 24.3 Å². The van der Waals surface area contributed by atoms with Crippen molar-refractivity contribution in [3.8, 4) is 0 Å². The number of nitrogens with two attached hydrogens (primary N) is 1. The third kappa shape index (κ3) is 2.30. The number of rotatable bonds is 2. The van der Waals surface area contributed by atoms with Crippen LogP contribution in [0.3, 0.4) is 0 Å². The second-order valence-corrected chi connectivity index (χ2v) is 5.06. The predicted octanol–water partition coefficient (Wildman–Crippen LogP) is 4.18. The van der Waals surface area contributed by atoms with Crippen LogP contribution in [0.2, 0.25) is 0 Å². The number of hydrogen-bond acceptors (Lipinski definition) is 3. The lowest BCUT2D eigenvalue weighted by molar-refractivity contribution is 1.34. The molecular weight excluding hydrogens is 246 g/mol. The molecule has 2 aromatic carbocycles. The van der Waals surface area contributed by atoms with E-state index in [-0.39, 0.29) is 0 Å². The van der Waals surface area contributed by atoms with Crippen molar-refractivity contribution in [2.45, 2.75) is 13.8 Å². The van der Waals surface area contributed by atoms with Crippen LogP contribution in [0.25, 0.3) is 10.9 Å². The summed E-state index contributed by atoms with van der Waals surface area (Å²) in [5.74, 6) is 0.816. The van der Waals surface area contributed by atoms with Crippen LogP contribution in [0.4, 0.5) is 17.2 Å². The largest absolute Gasteiger partial charge is 0.397 e. The zero-order valence-corrected chi connectivity index (χ0v) is 11.6. The third-order valence-corrected chi connectivity index (χ3v) is 3.39. The van der Waals surface area contributed by atoms with Crippen molar-refractivity contribution in [1.29, 1.82) is 0 Å². The van der Waals surface area contributed by atoms with Crippen molar-refractivity contribution in [1.82, 2.24) is 4.98 Å². The second-order valence-electron chi connectivity index (χ2n) is 5.06. The molecule has 0 saturated heterocycles. The Morgan fingerprint density at radius 2 is 1.80 bits per heavy atom. The van der Waals surface area contributed by atoms with Crippen molar-refractivity contribution < 1.29 is 0 Å². The van der Waals surface area contributed by atoms with E-state index in [1.54, 1.807) is 0 Å². The number of nitrogen functional groups attached to an aromatic ring is 1. The molecule has 3 rings (SSSR count). The molecule has 0 fully saturated rings. The molecule has 1 heterocycles. The van der Waals surface area contributed by atoms with E-state index in [1.807, 2.05) is 49.4 Å². The van der Waals surface area contributed by atoms with Gasteiger partial charge in [-0.25, -0.2) is 4.98 Å². The van der Waals surface area contributed by atoms with Gasteiger partial charge in [-0.15, -0.1) is 0 Å².